The smallest absolute Gasteiger partial charge is 0.0345 e. The Bertz CT molecular complexity index is 193. The third-order valence-corrected chi connectivity index (χ3v) is 4.14. The Morgan fingerprint density at radius 1 is 1.13 bits per heavy atom. The van der Waals surface area contributed by atoms with Crippen LogP contribution in [0.3, 0.4) is 0 Å². The topological polar surface area (TPSA) is 18.5 Å². The van der Waals surface area contributed by atoms with Crippen LogP contribution in [0.15, 0.2) is 0 Å². The van der Waals surface area contributed by atoms with E-state index in [0.29, 0.717) is 0 Å². The predicted molar refractivity (Wildman–Crippen MR) is 64.2 cm³/mol. The maximum absolute atomic E-state index is 3.36. The van der Waals surface area contributed by atoms with E-state index in [1.54, 1.807) is 0 Å². The number of piperidine rings is 1. The van der Waals surface area contributed by atoms with Crippen molar-refractivity contribution in [2.75, 3.05) is 33.2 Å². The first-order valence-electron chi connectivity index (χ1n) is 6.35. The first kappa shape index (κ1) is 11.4. The Labute approximate surface area is 93.8 Å². The van der Waals surface area contributed by atoms with Crippen molar-refractivity contribution in [1.29, 1.82) is 0 Å². The van der Waals surface area contributed by atoms with Gasteiger partial charge in [-0.1, -0.05) is 0 Å². The highest BCUT2D eigenvalue weighted by molar-refractivity contribution is 4.89. The summed E-state index contributed by atoms with van der Waals surface area (Å²) in [7, 11) is 2.31. The number of hydrogen-bond acceptors (Lipinski definition) is 3. The number of rotatable bonds is 3. The maximum atomic E-state index is 3.36. The van der Waals surface area contributed by atoms with Crippen LogP contribution in [0.4, 0.5) is 0 Å². The van der Waals surface area contributed by atoms with Gasteiger partial charge in [0.2, 0.25) is 0 Å². The molecule has 0 unspecified atom stereocenters. The van der Waals surface area contributed by atoms with Gasteiger partial charge in [-0.15, -0.1) is 0 Å². The molecule has 3 heteroatoms. The van der Waals surface area contributed by atoms with Crippen molar-refractivity contribution in [2.24, 2.45) is 0 Å². The average Bonchev–Trinajstić information content (AvgIpc) is 2.15. The van der Waals surface area contributed by atoms with E-state index >= 15 is 0 Å². The SMILES string of the molecule is CC(C)N1CCC(N(C)C2CNC2)CC1. The van der Waals surface area contributed by atoms with Crippen molar-refractivity contribution < 1.29 is 0 Å². The lowest BCUT2D eigenvalue weighted by molar-refractivity contribution is 0.0643. The van der Waals surface area contributed by atoms with Gasteiger partial charge in [0.1, 0.15) is 0 Å². The molecular weight excluding hydrogens is 186 g/mol. The highest BCUT2D eigenvalue weighted by atomic mass is 15.3. The highest BCUT2D eigenvalue weighted by Crippen LogP contribution is 2.19. The van der Waals surface area contributed by atoms with Gasteiger partial charge in [0.25, 0.3) is 0 Å². The van der Waals surface area contributed by atoms with Crippen LogP contribution in [0.1, 0.15) is 26.7 Å². The zero-order chi connectivity index (χ0) is 10.8. The van der Waals surface area contributed by atoms with E-state index in [0.717, 1.165) is 18.1 Å². The fraction of sp³-hybridized carbons (Fsp3) is 1.00. The second-order valence-corrected chi connectivity index (χ2v) is 5.34. The van der Waals surface area contributed by atoms with Crippen LogP contribution in [0.5, 0.6) is 0 Å². The van der Waals surface area contributed by atoms with Gasteiger partial charge >= 0.3 is 0 Å². The molecule has 2 fully saturated rings. The number of hydrogen-bond donors (Lipinski definition) is 1. The minimum Gasteiger partial charge on any atom is -0.314 e. The lowest BCUT2D eigenvalue weighted by Gasteiger charge is -2.44. The summed E-state index contributed by atoms with van der Waals surface area (Å²) in [5.41, 5.74) is 0. The Morgan fingerprint density at radius 2 is 1.73 bits per heavy atom. The molecular formula is C12H25N3. The summed E-state index contributed by atoms with van der Waals surface area (Å²) in [6, 6.07) is 2.36. The van der Waals surface area contributed by atoms with Crippen LogP contribution >= 0.6 is 0 Å². The molecule has 15 heavy (non-hydrogen) atoms. The Hall–Kier alpha value is -0.120. The van der Waals surface area contributed by atoms with Crippen LogP contribution in [-0.2, 0) is 0 Å². The normalized spacial score (nSPS) is 26.2. The Kier molecular flexibility index (Phi) is 3.65. The molecule has 0 bridgehead atoms. The summed E-state index contributed by atoms with van der Waals surface area (Å²) < 4.78 is 0. The van der Waals surface area contributed by atoms with Crippen molar-refractivity contribution in [3.8, 4) is 0 Å². The molecule has 2 heterocycles. The molecule has 2 aliphatic heterocycles. The molecule has 3 nitrogen and oxygen atoms in total. The zero-order valence-electron chi connectivity index (χ0n) is 10.4. The van der Waals surface area contributed by atoms with Gasteiger partial charge in [-0.3, -0.25) is 4.90 Å². The van der Waals surface area contributed by atoms with Gasteiger partial charge < -0.3 is 10.2 Å². The van der Waals surface area contributed by atoms with Gasteiger partial charge in [-0.2, -0.15) is 0 Å². The van der Waals surface area contributed by atoms with Gasteiger partial charge in [-0.05, 0) is 46.8 Å². The monoisotopic (exact) mass is 211 g/mol. The molecule has 1 N–H and O–H groups in total. The molecule has 2 aliphatic rings. The lowest BCUT2D eigenvalue weighted by Crippen LogP contribution is -2.60. The summed E-state index contributed by atoms with van der Waals surface area (Å²) in [6.45, 7) is 9.57. The number of likely N-dealkylation sites (tertiary alicyclic amines) is 1. The first-order chi connectivity index (χ1) is 7.18. The first-order valence-corrected chi connectivity index (χ1v) is 6.35. The molecule has 0 aromatic carbocycles. The lowest BCUT2D eigenvalue weighted by atomic mass is 9.99. The number of likely N-dealkylation sites (N-methyl/N-ethyl adjacent to an activating group) is 1. The highest BCUT2D eigenvalue weighted by Gasteiger charge is 2.30. The molecule has 0 atom stereocenters. The Balaban J connectivity index is 1.77. The quantitative estimate of drug-likeness (QED) is 0.743. The largest absolute Gasteiger partial charge is 0.314 e. The van der Waals surface area contributed by atoms with Crippen molar-refractivity contribution in [1.82, 2.24) is 15.1 Å². The van der Waals surface area contributed by atoms with Crippen LogP contribution in [0.2, 0.25) is 0 Å². The van der Waals surface area contributed by atoms with E-state index in [9.17, 15) is 0 Å². The molecule has 0 aromatic heterocycles. The van der Waals surface area contributed by atoms with E-state index < -0.39 is 0 Å². The second kappa shape index (κ2) is 4.81. The molecule has 0 saturated carbocycles. The molecule has 2 saturated heterocycles. The van der Waals surface area contributed by atoms with Crippen molar-refractivity contribution in [2.45, 2.75) is 44.8 Å². The minimum atomic E-state index is 0.724. The zero-order valence-corrected chi connectivity index (χ0v) is 10.4. The van der Waals surface area contributed by atoms with Gasteiger partial charge in [0.15, 0.2) is 0 Å². The van der Waals surface area contributed by atoms with Crippen molar-refractivity contribution in [3.63, 3.8) is 0 Å². The molecule has 0 aliphatic carbocycles. The minimum absolute atomic E-state index is 0.724. The Morgan fingerprint density at radius 3 is 2.13 bits per heavy atom. The van der Waals surface area contributed by atoms with Gasteiger partial charge in [0, 0.05) is 31.2 Å². The third kappa shape index (κ3) is 2.52. The molecule has 0 radical (unpaired) electrons. The molecule has 2 rings (SSSR count). The van der Waals surface area contributed by atoms with E-state index in [-0.39, 0.29) is 0 Å². The average molecular weight is 211 g/mol. The van der Waals surface area contributed by atoms with E-state index in [4.69, 9.17) is 0 Å². The maximum Gasteiger partial charge on any atom is 0.0345 e. The molecule has 0 amide bonds. The predicted octanol–water partition coefficient (Wildman–Crippen LogP) is 0.763. The van der Waals surface area contributed by atoms with Crippen LogP contribution in [0, 0.1) is 0 Å². The summed E-state index contributed by atoms with van der Waals surface area (Å²) in [6.07, 6.45) is 2.70. The van der Waals surface area contributed by atoms with E-state index in [1.807, 2.05) is 0 Å². The standard InChI is InChI=1S/C12H25N3/c1-10(2)15-6-4-11(5-7-15)14(3)12-8-13-9-12/h10-13H,4-9H2,1-3H3. The third-order valence-electron chi connectivity index (χ3n) is 4.14. The summed E-state index contributed by atoms with van der Waals surface area (Å²) >= 11 is 0. The van der Waals surface area contributed by atoms with Crippen LogP contribution in [0.25, 0.3) is 0 Å². The fourth-order valence-corrected chi connectivity index (χ4v) is 2.67. The van der Waals surface area contributed by atoms with Gasteiger partial charge in [-0.25, -0.2) is 0 Å². The van der Waals surface area contributed by atoms with Crippen LogP contribution in [-0.4, -0.2) is 61.2 Å². The molecule has 88 valence electrons. The van der Waals surface area contributed by atoms with Crippen LogP contribution < -0.4 is 5.32 Å². The molecule has 0 spiro atoms. The summed E-state index contributed by atoms with van der Waals surface area (Å²) in [4.78, 5) is 5.21. The van der Waals surface area contributed by atoms with E-state index in [1.165, 1.54) is 39.0 Å². The van der Waals surface area contributed by atoms with Crippen molar-refractivity contribution >= 4 is 0 Å². The summed E-state index contributed by atoms with van der Waals surface area (Å²) in [5.74, 6) is 0. The van der Waals surface area contributed by atoms with E-state index in [2.05, 4.69) is 36.0 Å². The second-order valence-electron chi connectivity index (χ2n) is 5.34. The summed E-state index contributed by atoms with van der Waals surface area (Å²) in [5, 5.41) is 3.36. The fourth-order valence-electron chi connectivity index (χ4n) is 2.67. The molecule has 0 aromatic rings. The van der Waals surface area contributed by atoms with Gasteiger partial charge in [0.05, 0.1) is 0 Å². The van der Waals surface area contributed by atoms with Crippen molar-refractivity contribution in [3.05, 3.63) is 0 Å². The number of nitrogens with one attached hydrogen (secondary N) is 1. The number of nitrogens with zero attached hydrogens (tertiary/aromatic N) is 2.